The van der Waals surface area contributed by atoms with Crippen molar-refractivity contribution in [3.8, 4) is 17.2 Å². The summed E-state index contributed by atoms with van der Waals surface area (Å²) in [4.78, 5) is 3.22. The van der Waals surface area contributed by atoms with Gasteiger partial charge in [-0.15, -0.1) is 0 Å². The number of hydrogen-bond donors (Lipinski definition) is 0. The summed E-state index contributed by atoms with van der Waals surface area (Å²) < 4.78 is 88.3. The third-order valence-electron chi connectivity index (χ3n) is 7.51. The monoisotopic (exact) mass is 658 g/mol. The zero-order valence-electron chi connectivity index (χ0n) is 24.5. The lowest BCUT2D eigenvalue weighted by molar-refractivity contribution is 0.267. The predicted octanol–water partition coefficient (Wildman–Crippen LogP) is 7.83. The molecule has 1 unspecified atom stereocenters. The minimum Gasteiger partial charge on any atom is -0.497 e. The van der Waals surface area contributed by atoms with E-state index < -0.39 is 26.6 Å². The Balaban J connectivity index is 1.44. The molecule has 5 rings (SSSR count). The van der Waals surface area contributed by atoms with E-state index in [1.54, 1.807) is 30.3 Å². The van der Waals surface area contributed by atoms with Crippen LogP contribution >= 0.6 is 11.6 Å². The van der Waals surface area contributed by atoms with E-state index in [9.17, 15) is 17.2 Å². The molecule has 0 fully saturated rings. The zero-order chi connectivity index (χ0) is 32.1. The molecule has 0 saturated carbocycles. The van der Waals surface area contributed by atoms with Crippen LogP contribution in [0.4, 0.5) is 19.0 Å². The summed E-state index contributed by atoms with van der Waals surface area (Å²) in [5.41, 5.74) is 2.27. The van der Waals surface area contributed by atoms with Gasteiger partial charge in [0.1, 0.15) is 45.4 Å². The van der Waals surface area contributed by atoms with Crippen molar-refractivity contribution in [3.05, 3.63) is 113 Å². The Morgan fingerprint density at radius 2 is 1.69 bits per heavy atom. The Kier molecular flexibility index (Phi) is 9.89. The fourth-order valence-electron chi connectivity index (χ4n) is 5.18. The van der Waals surface area contributed by atoms with Crippen LogP contribution in [0, 0.1) is 23.4 Å². The molecule has 0 bridgehead atoms. The largest absolute Gasteiger partial charge is 0.497 e. The number of halogens is 4. The van der Waals surface area contributed by atoms with E-state index in [0.29, 0.717) is 17.1 Å². The van der Waals surface area contributed by atoms with Crippen LogP contribution in [0.1, 0.15) is 30.4 Å². The normalized spacial score (nSPS) is 14.9. The highest BCUT2D eigenvalue weighted by Crippen LogP contribution is 2.37. The van der Waals surface area contributed by atoms with Gasteiger partial charge in [0.15, 0.2) is 0 Å². The Hall–Kier alpha value is -4.22. The number of benzene rings is 3. The highest BCUT2D eigenvalue weighted by molar-refractivity contribution is 7.92. The van der Waals surface area contributed by atoms with Crippen LogP contribution in [0.25, 0.3) is 5.57 Å². The summed E-state index contributed by atoms with van der Waals surface area (Å²) in [7, 11) is -1.76. The first-order valence-electron chi connectivity index (χ1n) is 14.0. The topological polar surface area (TPSA) is 78.0 Å². The lowest BCUT2D eigenvalue weighted by atomic mass is 9.84. The number of aromatic nitrogens is 1. The number of hydrogen-bond acceptors (Lipinski definition) is 6. The Labute approximate surface area is 264 Å². The minimum atomic E-state index is -4.65. The van der Waals surface area contributed by atoms with Crippen molar-refractivity contribution >= 4 is 33.0 Å². The molecule has 4 aromatic rings. The van der Waals surface area contributed by atoms with Crippen LogP contribution in [0.2, 0.25) is 5.02 Å². The number of nitrogens with zero attached hydrogens (tertiary/aromatic N) is 2. The standard InChI is InChI=1S/C33H30ClF3N2O5S/c1-42-26-13-9-22(30(15-26)43-2)19-39(33-14-12-25(36)18-38-33)45(40,41)32-16-28(34)31(17-29(32)37)44-20-23-5-3-4-6-27(23)21-7-10-24(35)11-8-21/h6-18,23H,3-5,19-20H2,1-2H3. The van der Waals surface area contributed by atoms with E-state index >= 15 is 4.39 Å². The van der Waals surface area contributed by atoms with Crippen LogP contribution < -0.4 is 18.5 Å². The zero-order valence-corrected chi connectivity index (χ0v) is 26.0. The lowest BCUT2D eigenvalue weighted by Gasteiger charge is -2.26. The van der Waals surface area contributed by atoms with Gasteiger partial charge in [-0.3, -0.25) is 0 Å². The van der Waals surface area contributed by atoms with Gasteiger partial charge in [0, 0.05) is 23.6 Å². The van der Waals surface area contributed by atoms with Crippen LogP contribution in [0.15, 0.2) is 83.9 Å². The second-order valence-electron chi connectivity index (χ2n) is 10.3. The summed E-state index contributed by atoms with van der Waals surface area (Å²) >= 11 is 6.48. The molecule has 12 heteroatoms. The summed E-state index contributed by atoms with van der Waals surface area (Å²) in [6.07, 6.45) is 5.53. The van der Waals surface area contributed by atoms with Crippen molar-refractivity contribution in [1.29, 1.82) is 0 Å². The molecule has 236 valence electrons. The Bertz CT molecular complexity index is 1800. The average molecular weight is 659 g/mol. The van der Waals surface area contributed by atoms with Gasteiger partial charge in [-0.25, -0.2) is 30.9 Å². The van der Waals surface area contributed by atoms with Crippen molar-refractivity contribution in [2.75, 3.05) is 25.1 Å². The van der Waals surface area contributed by atoms with Crippen molar-refractivity contribution in [1.82, 2.24) is 4.98 Å². The molecule has 0 radical (unpaired) electrons. The molecule has 1 heterocycles. The van der Waals surface area contributed by atoms with Crippen molar-refractivity contribution in [3.63, 3.8) is 0 Å². The van der Waals surface area contributed by atoms with Crippen molar-refractivity contribution < 1.29 is 35.8 Å². The van der Waals surface area contributed by atoms with Gasteiger partial charge in [-0.05, 0) is 72.9 Å². The number of anilines is 1. The van der Waals surface area contributed by atoms with Gasteiger partial charge in [0.2, 0.25) is 0 Å². The van der Waals surface area contributed by atoms with E-state index in [0.717, 1.165) is 59.1 Å². The first kappa shape index (κ1) is 32.2. The van der Waals surface area contributed by atoms with Gasteiger partial charge < -0.3 is 14.2 Å². The van der Waals surface area contributed by atoms with E-state index in [1.165, 1.54) is 32.4 Å². The molecule has 45 heavy (non-hydrogen) atoms. The molecule has 0 aliphatic heterocycles. The van der Waals surface area contributed by atoms with Gasteiger partial charge in [-0.2, -0.15) is 0 Å². The SMILES string of the molecule is COc1ccc(CN(c2ccc(F)cn2)S(=O)(=O)c2cc(Cl)c(OCC3CCCC=C3c3ccc(F)cc3)cc2F)c(OC)c1. The van der Waals surface area contributed by atoms with Crippen LogP contribution in [0.3, 0.4) is 0 Å². The number of pyridine rings is 1. The molecule has 0 amide bonds. The quantitative estimate of drug-likeness (QED) is 0.164. The second kappa shape index (κ2) is 13.8. The highest BCUT2D eigenvalue weighted by Gasteiger charge is 2.32. The molecular weight excluding hydrogens is 629 g/mol. The minimum absolute atomic E-state index is 0.0274. The van der Waals surface area contributed by atoms with Crippen LogP contribution in [-0.4, -0.2) is 34.2 Å². The van der Waals surface area contributed by atoms with Crippen LogP contribution in [-0.2, 0) is 16.6 Å². The second-order valence-corrected chi connectivity index (χ2v) is 12.6. The summed E-state index contributed by atoms with van der Waals surface area (Å²) in [6.45, 7) is -0.180. The van der Waals surface area contributed by atoms with Crippen molar-refractivity contribution in [2.24, 2.45) is 5.92 Å². The van der Waals surface area contributed by atoms with E-state index in [-0.39, 0.29) is 41.5 Å². The number of methoxy groups -OCH3 is 2. The van der Waals surface area contributed by atoms with Crippen molar-refractivity contribution in [2.45, 2.75) is 30.7 Å². The fraction of sp³-hybridized carbons (Fsp3) is 0.242. The smallest absolute Gasteiger partial charge is 0.268 e. The predicted molar refractivity (Wildman–Crippen MR) is 166 cm³/mol. The van der Waals surface area contributed by atoms with Crippen LogP contribution in [0.5, 0.6) is 17.2 Å². The molecule has 0 saturated heterocycles. The molecule has 1 aromatic heterocycles. The number of ether oxygens (including phenoxy) is 3. The third-order valence-corrected chi connectivity index (χ3v) is 9.57. The van der Waals surface area contributed by atoms with Gasteiger partial charge >= 0.3 is 0 Å². The third kappa shape index (κ3) is 7.20. The van der Waals surface area contributed by atoms with Gasteiger partial charge in [0.05, 0.1) is 38.6 Å². The fourth-order valence-corrected chi connectivity index (χ4v) is 6.94. The number of rotatable bonds is 11. The Morgan fingerprint density at radius 1 is 0.933 bits per heavy atom. The molecule has 3 aromatic carbocycles. The maximum Gasteiger partial charge on any atom is 0.268 e. The summed E-state index contributed by atoms with van der Waals surface area (Å²) in [5, 5.41) is -0.118. The van der Waals surface area contributed by atoms with Gasteiger partial charge in [0.25, 0.3) is 10.0 Å². The maximum absolute atomic E-state index is 15.7. The van der Waals surface area contributed by atoms with E-state index in [2.05, 4.69) is 11.1 Å². The summed E-state index contributed by atoms with van der Waals surface area (Å²) in [5.74, 6) is -1.56. The van der Waals surface area contributed by atoms with E-state index in [1.807, 2.05) is 0 Å². The molecular formula is C33H30ClF3N2O5S. The number of sulfonamides is 1. The lowest BCUT2D eigenvalue weighted by Crippen LogP contribution is -2.32. The molecule has 1 atom stereocenters. The molecule has 0 N–H and O–H groups in total. The molecule has 7 nitrogen and oxygen atoms in total. The first-order valence-corrected chi connectivity index (χ1v) is 15.9. The Morgan fingerprint density at radius 3 is 2.38 bits per heavy atom. The molecule has 1 aliphatic rings. The average Bonchev–Trinajstić information content (AvgIpc) is 3.04. The first-order chi connectivity index (χ1) is 21.6. The highest BCUT2D eigenvalue weighted by atomic mass is 35.5. The molecule has 0 spiro atoms. The maximum atomic E-state index is 15.7. The molecule has 1 aliphatic carbocycles. The van der Waals surface area contributed by atoms with Gasteiger partial charge in [-0.1, -0.05) is 29.8 Å². The number of allylic oxidation sites excluding steroid dienone is 1. The summed E-state index contributed by atoms with van der Waals surface area (Å²) in [6, 6.07) is 15.1. The van der Waals surface area contributed by atoms with E-state index in [4.69, 9.17) is 25.8 Å².